The zero-order valence-corrected chi connectivity index (χ0v) is 12.0. The molecule has 0 spiro atoms. The fourth-order valence-electron chi connectivity index (χ4n) is 1.60. The summed E-state index contributed by atoms with van der Waals surface area (Å²) in [7, 11) is 0. The largest absolute Gasteiger partial charge is 0.370 e. The number of nitrogens with one attached hydrogen (secondary N) is 2. The Balaban J connectivity index is 2.26. The van der Waals surface area contributed by atoms with E-state index in [-0.39, 0.29) is 0 Å². The van der Waals surface area contributed by atoms with Gasteiger partial charge in [-0.25, -0.2) is 9.97 Å². The summed E-state index contributed by atoms with van der Waals surface area (Å²) in [6.07, 6.45) is 0. The highest BCUT2D eigenvalue weighted by Crippen LogP contribution is 2.25. The lowest BCUT2D eigenvalue weighted by Gasteiger charge is -2.10. The third kappa shape index (κ3) is 3.20. The molecule has 0 atom stereocenters. The molecule has 0 aliphatic heterocycles. The molecule has 2 aromatic rings. The van der Waals surface area contributed by atoms with Gasteiger partial charge in [0.25, 0.3) is 0 Å². The van der Waals surface area contributed by atoms with Gasteiger partial charge in [0.1, 0.15) is 17.5 Å². The number of para-hydroxylation sites is 1. The number of aromatic nitrogens is 2. The molecule has 0 amide bonds. The third-order valence-corrected chi connectivity index (χ3v) is 3.02. The van der Waals surface area contributed by atoms with Crippen LogP contribution in [0.15, 0.2) is 34.8 Å². The van der Waals surface area contributed by atoms with Crippen molar-refractivity contribution in [1.29, 1.82) is 0 Å². The number of halogens is 1. The van der Waals surface area contributed by atoms with Crippen molar-refractivity contribution in [2.75, 3.05) is 17.2 Å². The summed E-state index contributed by atoms with van der Waals surface area (Å²) in [5.74, 6) is 2.35. The fourth-order valence-corrected chi connectivity index (χ4v) is 1.99. The van der Waals surface area contributed by atoms with Crippen LogP contribution in [0.1, 0.15) is 12.7 Å². The number of rotatable bonds is 4. The molecule has 0 saturated heterocycles. The van der Waals surface area contributed by atoms with Crippen molar-refractivity contribution < 1.29 is 0 Å². The van der Waals surface area contributed by atoms with E-state index in [1.807, 2.05) is 44.2 Å². The first-order valence-electron chi connectivity index (χ1n) is 5.80. The first-order valence-corrected chi connectivity index (χ1v) is 6.59. The average molecular weight is 307 g/mol. The van der Waals surface area contributed by atoms with Crippen molar-refractivity contribution in [3.63, 3.8) is 0 Å². The number of hydrogen-bond acceptors (Lipinski definition) is 4. The smallest absolute Gasteiger partial charge is 0.136 e. The van der Waals surface area contributed by atoms with E-state index in [4.69, 9.17) is 0 Å². The zero-order chi connectivity index (χ0) is 13.0. The molecule has 0 aliphatic carbocycles. The van der Waals surface area contributed by atoms with Crippen LogP contribution >= 0.6 is 15.9 Å². The van der Waals surface area contributed by atoms with Gasteiger partial charge < -0.3 is 10.6 Å². The Kier molecular flexibility index (Phi) is 4.15. The molecule has 1 aromatic carbocycles. The minimum atomic E-state index is 0.739. The lowest BCUT2D eigenvalue weighted by molar-refractivity contribution is 1.04. The van der Waals surface area contributed by atoms with Gasteiger partial charge in [0.15, 0.2) is 0 Å². The molecule has 0 unspecified atom stereocenters. The van der Waals surface area contributed by atoms with Crippen molar-refractivity contribution >= 4 is 33.3 Å². The second-order valence-electron chi connectivity index (χ2n) is 3.82. The number of anilines is 3. The van der Waals surface area contributed by atoms with Crippen LogP contribution < -0.4 is 10.6 Å². The number of hydrogen-bond donors (Lipinski definition) is 2. The monoisotopic (exact) mass is 306 g/mol. The molecule has 18 heavy (non-hydrogen) atoms. The highest BCUT2D eigenvalue weighted by Gasteiger charge is 2.03. The van der Waals surface area contributed by atoms with Crippen molar-refractivity contribution in [3.05, 3.63) is 40.6 Å². The second kappa shape index (κ2) is 5.82. The van der Waals surface area contributed by atoms with E-state index >= 15 is 0 Å². The van der Waals surface area contributed by atoms with E-state index in [1.165, 1.54) is 0 Å². The maximum atomic E-state index is 4.37. The molecular weight excluding hydrogens is 292 g/mol. The number of benzene rings is 1. The average Bonchev–Trinajstić information content (AvgIpc) is 2.32. The number of nitrogens with zero attached hydrogens (tertiary/aromatic N) is 2. The third-order valence-electron chi connectivity index (χ3n) is 2.33. The van der Waals surface area contributed by atoms with Gasteiger partial charge in [0, 0.05) is 17.1 Å². The van der Waals surface area contributed by atoms with E-state index in [2.05, 4.69) is 36.5 Å². The van der Waals surface area contributed by atoms with Gasteiger partial charge in [0.05, 0.1) is 5.69 Å². The normalized spacial score (nSPS) is 10.2. The van der Waals surface area contributed by atoms with Crippen molar-refractivity contribution in [2.45, 2.75) is 13.8 Å². The van der Waals surface area contributed by atoms with Gasteiger partial charge in [-0.2, -0.15) is 0 Å². The maximum Gasteiger partial charge on any atom is 0.136 e. The van der Waals surface area contributed by atoms with E-state index in [0.29, 0.717) is 0 Å². The molecule has 2 rings (SSSR count). The van der Waals surface area contributed by atoms with E-state index < -0.39 is 0 Å². The Bertz CT molecular complexity index is 542. The first-order chi connectivity index (χ1) is 8.69. The minimum Gasteiger partial charge on any atom is -0.370 e. The molecule has 1 aromatic heterocycles. The SMILES string of the molecule is CCNc1cc(Nc2ccccc2Br)nc(C)n1. The van der Waals surface area contributed by atoms with Crippen LogP contribution in [0.5, 0.6) is 0 Å². The number of aryl methyl sites for hydroxylation is 1. The molecule has 1 heterocycles. The Morgan fingerprint density at radius 3 is 2.61 bits per heavy atom. The summed E-state index contributed by atoms with van der Waals surface area (Å²) >= 11 is 3.50. The first kappa shape index (κ1) is 12.8. The standard InChI is InChI=1S/C13H15BrN4/c1-3-15-12-8-13(17-9(2)16-12)18-11-7-5-4-6-10(11)14/h4-8H,3H2,1-2H3,(H2,15,16,17,18). The highest BCUT2D eigenvalue weighted by atomic mass is 79.9. The predicted octanol–water partition coefficient (Wildman–Crippen LogP) is 3.72. The summed E-state index contributed by atoms with van der Waals surface area (Å²) in [5, 5.41) is 6.46. The van der Waals surface area contributed by atoms with Crippen LogP contribution in [-0.4, -0.2) is 16.5 Å². The molecule has 2 N–H and O–H groups in total. The Morgan fingerprint density at radius 1 is 1.17 bits per heavy atom. The topological polar surface area (TPSA) is 49.8 Å². The summed E-state index contributed by atoms with van der Waals surface area (Å²) in [5.41, 5.74) is 0.984. The Morgan fingerprint density at radius 2 is 1.89 bits per heavy atom. The lowest BCUT2D eigenvalue weighted by atomic mass is 10.3. The summed E-state index contributed by atoms with van der Waals surface area (Å²) in [6, 6.07) is 9.84. The second-order valence-corrected chi connectivity index (χ2v) is 4.68. The molecule has 94 valence electrons. The molecule has 4 nitrogen and oxygen atoms in total. The minimum absolute atomic E-state index is 0.739. The predicted molar refractivity (Wildman–Crippen MR) is 78.4 cm³/mol. The van der Waals surface area contributed by atoms with E-state index in [0.717, 1.165) is 34.2 Å². The Labute approximate surface area is 115 Å². The van der Waals surface area contributed by atoms with Crippen LogP contribution in [0.25, 0.3) is 0 Å². The van der Waals surface area contributed by atoms with Gasteiger partial charge >= 0.3 is 0 Å². The summed E-state index contributed by atoms with van der Waals surface area (Å²) in [4.78, 5) is 8.68. The zero-order valence-electron chi connectivity index (χ0n) is 10.4. The molecule has 0 fully saturated rings. The Hall–Kier alpha value is -1.62. The van der Waals surface area contributed by atoms with Crippen LogP contribution in [0, 0.1) is 6.92 Å². The highest BCUT2D eigenvalue weighted by molar-refractivity contribution is 9.10. The van der Waals surface area contributed by atoms with Gasteiger partial charge in [-0.3, -0.25) is 0 Å². The van der Waals surface area contributed by atoms with E-state index in [1.54, 1.807) is 0 Å². The molecular formula is C13H15BrN4. The maximum absolute atomic E-state index is 4.37. The van der Waals surface area contributed by atoms with Gasteiger partial charge in [-0.05, 0) is 41.9 Å². The van der Waals surface area contributed by atoms with E-state index in [9.17, 15) is 0 Å². The van der Waals surface area contributed by atoms with Gasteiger partial charge in [-0.15, -0.1) is 0 Å². The summed E-state index contributed by atoms with van der Waals surface area (Å²) in [6.45, 7) is 4.76. The fraction of sp³-hybridized carbons (Fsp3) is 0.231. The van der Waals surface area contributed by atoms with Gasteiger partial charge in [0.2, 0.25) is 0 Å². The summed E-state index contributed by atoms with van der Waals surface area (Å²) < 4.78 is 1.01. The molecule has 0 aliphatic rings. The molecule has 0 bridgehead atoms. The van der Waals surface area contributed by atoms with Gasteiger partial charge in [-0.1, -0.05) is 12.1 Å². The quantitative estimate of drug-likeness (QED) is 0.904. The molecule has 0 radical (unpaired) electrons. The lowest BCUT2D eigenvalue weighted by Crippen LogP contribution is -2.04. The van der Waals surface area contributed by atoms with Crippen LogP contribution in [0.2, 0.25) is 0 Å². The van der Waals surface area contributed by atoms with Crippen LogP contribution in [-0.2, 0) is 0 Å². The van der Waals surface area contributed by atoms with Crippen molar-refractivity contribution in [2.24, 2.45) is 0 Å². The van der Waals surface area contributed by atoms with Crippen LogP contribution in [0.3, 0.4) is 0 Å². The molecule has 5 heteroatoms. The van der Waals surface area contributed by atoms with Crippen molar-refractivity contribution in [1.82, 2.24) is 9.97 Å². The van der Waals surface area contributed by atoms with Crippen LogP contribution in [0.4, 0.5) is 17.3 Å². The van der Waals surface area contributed by atoms with Crippen molar-refractivity contribution in [3.8, 4) is 0 Å². The molecule has 0 saturated carbocycles.